The van der Waals surface area contributed by atoms with Crippen molar-refractivity contribution in [2.75, 3.05) is 7.11 Å². The highest BCUT2D eigenvalue weighted by atomic mass is 16.5. The molecule has 0 saturated heterocycles. The van der Waals surface area contributed by atoms with Crippen LogP contribution in [0.15, 0.2) is 24.3 Å². The zero-order valence-corrected chi connectivity index (χ0v) is 17.8. The predicted octanol–water partition coefficient (Wildman–Crippen LogP) is 2.64. The van der Waals surface area contributed by atoms with Crippen LogP contribution in [0.1, 0.15) is 52.5 Å². The number of methoxy groups -OCH3 is 1. The van der Waals surface area contributed by atoms with Crippen molar-refractivity contribution in [3.05, 3.63) is 29.8 Å². The minimum atomic E-state index is -1.66. The number of esters is 2. The van der Waals surface area contributed by atoms with E-state index in [0.29, 0.717) is 11.3 Å². The van der Waals surface area contributed by atoms with Gasteiger partial charge in [0.15, 0.2) is 5.78 Å². The van der Waals surface area contributed by atoms with Gasteiger partial charge in [0.1, 0.15) is 11.7 Å². The summed E-state index contributed by atoms with van der Waals surface area (Å²) < 4.78 is 15.9. The summed E-state index contributed by atoms with van der Waals surface area (Å²) in [5.74, 6) is -4.48. The smallest absolute Gasteiger partial charge is 0.317 e. The lowest BCUT2D eigenvalue weighted by molar-refractivity contribution is -0.176. The second-order valence-electron chi connectivity index (χ2n) is 8.23. The molecule has 0 amide bonds. The van der Waals surface area contributed by atoms with Gasteiger partial charge in [-0.1, -0.05) is 12.1 Å². The van der Waals surface area contributed by atoms with Crippen LogP contribution in [0.5, 0.6) is 5.75 Å². The van der Waals surface area contributed by atoms with Crippen molar-refractivity contribution < 1.29 is 33.7 Å². The fourth-order valence-electron chi connectivity index (χ4n) is 3.85. The number of carbonyl (C=O) groups excluding carboxylic acids is 3. The van der Waals surface area contributed by atoms with Crippen LogP contribution in [0.25, 0.3) is 0 Å². The van der Waals surface area contributed by atoms with Gasteiger partial charge in [-0.25, -0.2) is 0 Å². The Balaban J connectivity index is 2.60. The number of ether oxygens (including phenoxy) is 3. The Morgan fingerprint density at radius 2 is 1.55 bits per heavy atom. The molecule has 1 aliphatic carbocycles. The average molecular weight is 406 g/mol. The number of carbonyl (C=O) groups is 3. The second-order valence-corrected chi connectivity index (χ2v) is 8.23. The molecule has 1 N–H and O–H groups in total. The van der Waals surface area contributed by atoms with E-state index in [1.54, 1.807) is 52.0 Å². The van der Waals surface area contributed by atoms with Crippen molar-refractivity contribution in [3.63, 3.8) is 0 Å². The Labute approximate surface area is 171 Å². The Morgan fingerprint density at radius 1 is 1.03 bits per heavy atom. The summed E-state index contributed by atoms with van der Waals surface area (Å²) in [4.78, 5) is 38.7. The van der Waals surface area contributed by atoms with Crippen LogP contribution in [0.3, 0.4) is 0 Å². The van der Waals surface area contributed by atoms with Crippen LogP contribution in [-0.4, -0.2) is 47.7 Å². The van der Waals surface area contributed by atoms with Gasteiger partial charge in [-0.2, -0.15) is 0 Å². The molecule has 0 aromatic heterocycles. The Kier molecular flexibility index (Phi) is 7.06. The molecule has 1 saturated carbocycles. The molecule has 2 rings (SSSR count). The highest BCUT2D eigenvalue weighted by molar-refractivity contribution is 6.02. The molecule has 4 atom stereocenters. The van der Waals surface area contributed by atoms with Gasteiger partial charge in [-0.15, -0.1) is 0 Å². The lowest BCUT2D eigenvalue weighted by atomic mass is 9.61. The second kappa shape index (κ2) is 8.95. The first-order valence-corrected chi connectivity index (χ1v) is 9.78. The van der Waals surface area contributed by atoms with Gasteiger partial charge in [0.2, 0.25) is 0 Å². The van der Waals surface area contributed by atoms with Crippen molar-refractivity contribution in [3.8, 4) is 5.75 Å². The zero-order valence-electron chi connectivity index (χ0n) is 17.8. The number of benzene rings is 1. The summed E-state index contributed by atoms with van der Waals surface area (Å²) in [5.41, 5.74) is -1.11. The topological polar surface area (TPSA) is 99.1 Å². The van der Waals surface area contributed by atoms with Gasteiger partial charge in [-0.3, -0.25) is 14.4 Å². The molecule has 0 heterocycles. The maximum Gasteiger partial charge on any atom is 0.317 e. The Hall–Kier alpha value is -2.41. The SMILES string of the molecule is COc1ccc([C@@H]2[C@@H](C(=O)OC(C)C)C(=O)C[C@@](C)(O)[C@H]2C(=O)OC(C)C)cc1. The van der Waals surface area contributed by atoms with Crippen molar-refractivity contribution in [1.82, 2.24) is 0 Å². The summed E-state index contributed by atoms with van der Waals surface area (Å²) >= 11 is 0. The average Bonchev–Trinajstić information content (AvgIpc) is 2.58. The van der Waals surface area contributed by atoms with Crippen molar-refractivity contribution in [2.24, 2.45) is 11.8 Å². The summed E-state index contributed by atoms with van der Waals surface area (Å²) in [7, 11) is 1.52. The highest BCUT2D eigenvalue weighted by Gasteiger charge is 2.57. The Bertz CT molecular complexity index is 741. The number of aliphatic hydroxyl groups is 1. The van der Waals surface area contributed by atoms with Crippen LogP contribution in [0.4, 0.5) is 0 Å². The fourth-order valence-corrected chi connectivity index (χ4v) is 3.85. The van der Waals surface area contributed by atoms with E-state index >= 15 is 0 Å². The van der Waals surface area contributed by atoms with E-state index in [4.69, 9.17) is 14.2 Å². The minimum Gasteiger partial charge on any atom is -0.497 e. The standard InChI is InChI=1S/C22H30O7/c1-12(2)28-20(24)18-16(23)11-22(5,26)19(21(25)29-13(3)4)17(18)14-7-9-15(27-6)10-8-14/h7-10,12-13,17-19,26H,11H2,1-6H3/t17-,18+,19-,22-/m1/s1. The molecule has 160 valence electrons. The van der Waals surface area contributed by atoms with E-state index in [2.05, 4.69) is 0 Å². The maximum absolute atomic E-state index is 13.0. The quantitative estimate of drug-likeness (QED) is 0.573. The van der Waals surface area contributed by atoms with Gasteiger partial charge in [-0.05, 0) is 52.3 Å². The molecule has 0 aliphatic heterocycles. The highest BCUT2D eigenvalue weighted by Crippen LogP contribution is 2.47. The molecule has 1 fully saturated rings. The van der Waals surface area contributed by atoms with Gasteiger partial charge in [0.05, 0.1) is 30.8 Å². The molecule has 0 spiro atoms. The molecular formula is C22H30O7. The van der Waals surface area contributed by atoms with Gasteiger partial charge >= 0.3 is 11.9 Å². The first kappa shape index (κ1) is 22.9. The molecule has 7 heteroatoms. The van der Waals surface area contributed by atoms with Crippen LogP contribution in [0.2, 0.25) is 0 Å². The van der Waals surface area contributed by atoms with Crippen LogP contribution < -0.4 is 4.74 Å². The fraction of sp³-hybridized carbons (Fsp3) is 0.591. The lowest BCUT2D eigenvalue weighted by Gasteiger charge is -2.44. The van der Waals surface area contributed by atoms with E-state index in [0.717, 1.165) is 0 Å². The van der Waals surface area contributed by atoms with E-state index in [9.17, 15) is 19.5 Å². The molecule has 1 aromatic carbocycles. The predicted molar refractivity (Wildman–Crippen MR) is 105 cm³/mol. The number of hydrogen-bond acceptors (Lipinski definition) is 7. The third kappa shape index (κ3) is 5.15. The van der Waals surface area contributed by atoms with E-state index in [-0.39, 0.29) is 6.42 Å². The first-order valence-electron chi connectivity index (χ1n) is 9.78. The van der Waals surface area contributed by atoms with E-state index < -0.39 is 53.3 Å². The third-order valence-corrected chi connectivity index (χ3v) is 4.98. The largest absolute Gasteiger partial charge is 0.497 e. The summed E-state index contributed by atoms with van der Waals surface area (Å²) in [6.07, 6.45) is -1.17. The lowest BCUT2D eigenvalue weighted by Crippen LogP contribution is -2.55. The molecule has 29 heavy (non-hydrogen) atoms. The molecular weight excluding hydrogens is 376 g/mol. The molecule has 7 nitrogen and oxygen atoms in total. The molecule has 0 unspecified atom stereocenters. The van der Waals surface area contributed by atoms with Gasteiger partial charge < -0.3 is 19.3 Å². The molecule has 1 aromatic rings. The number of Topliss-reactive ketones (excluding diaryl/α,β-unsaturated/α-hetero) is 1. The zero-order chi connectivity index (χ0) is 21.9. The van der Waals surface area contributed by atoms with Crippen molar-refractivity contribution in [1.29, 1.82) is 0 Å². The summed E-state index contributed by atoms with van der Waals surface area (Å²) in [6.45, 7) is 8.21. The number of ketones is 1. The van der Waals surface area contributed by atoms with E-state index in [1.165, 1.54) is 14.0 Å². The maximum atomic E-state index is 13.0. The third-order valence-electron chi connectivity index (χ3n) is 4.98. The minimum absolute atomic E-state index is 0.338. The van der Waals surface area contributed by atoms with Gasteiger partial charge in [0, 0.05) is 12.3 Å². The monoisotopic (exact) mass is 406 g/mol. The first-order chi connectivity index (χ1) is 13.5. The van der Waals surface area contributed by atoms with Crippen molar-refractivity contribution >= 4 is 17.7 Å². The van der Waals surface area contributed by atoms with Crippen LogP contribution in [0, 0.1) is 11.8 Å². The van der Waals surface area contributed by atoms with Gasteiger partial charge in [0.25, 0.3) is 0 Å². The normalized spacial score (nSPS) is 27.1. The van der Waals surface area contributed by atoms with Crippen LogP contribution in [-0.2, 0) is 23.9 Å². The summed E-state index contributed by atoms with van der Waals surface area (Å²) in [6, 6.07) is 6.73. The van der Waals surface area contributed by atoms with Crippen molar-refractivity contribution in [2.45, 2.75) is 64.8 Å². The number of rotatable bonds is 6. The molecule has 0 bridgehead atoms. The Morgan fingerprint density at radius 3 is 2.03 bits per heavy atom. The van der Waals surface area contributed by atoms with Crippen LogP contribution >= 0.6 is 0 Å². The molecule has 0 radical (unpaired) electrons. The number of hydrogen-bond donors (Lipinski definition) is 1. The summed E-state index contributed by atoms with van der Waals surface area (Å²) in [5, 5.41) is 11.0. The van der Waals surface area contributed by atoms with E-state index in [1.807, 2.05) is 0 Å². The molecule has 1 aliphatic rings.